The molecule has 1 N–H and O–H groups in total. The maximum Gasteiger partial charge on any atom is 0.0526 e. The summed E-state index contributed by atoms with van der Waals surface area (Å²) in [6, 6.07) is 1.81. The second-order valence-corrected chi connectivity index (χ2v) is 2.14. The molecule has 0 fully saturated rings. The third-order valence-electron chi connectivity index (χ3n) is 1.44. The summed E-state index contributed by atoms with van der Waals surface area (Å²) < 4.78 is 1.02. The highest BCUT2D eigenvalue weighted by Gasteiger charge is 2.00. The average molecular weight is 134 g/mol. The van der Waals surface area contributed by atoms with E-state index in [4.69, 9.17) is 5.21 Å². The SMILES string of the molecule is On1ccc2cncc-2c1. The standard InChI is InChI=1S/C7H6N2O/c10-9-2-1-6-3-8-4-7(6)5-9/h1-5,10H. The minimum Gasteiger partial charge on any atom is -0.429 e. The fourth-order valence-corrected chi connectivity index (χ4v) is 0.936. The van der Waals surface area contributed by atoms with Crippen molar-refractivity contribution in [3.63, 3.8) is 0 Å². The van der Waals surface area contributed by atoms with Gasteiger partial charge in [0, 0.05) is 29.7 Å². The topological polar surface area (TPSA) is 38.0 Å². The molecular weight excluding hydrogens is 128 g/mol. The van der Waals surface area contributed by atoms with Gasteiger partial charge in [0.2, 0.25) is 0 Å². The summed E-state index contributed by atoms with van der Waals surface area (Å²) in [6.45, 7) is 0. The van der Waals surface area contributed by atoms with Crippen LogP contribution in [0.1, 0.15) is 0 Å². The molecule has 0 aromatic heterocycles. The van der Waals surface area contributed by atoms with Crippen LogP contribution in [-0.2, 0) is 0 Å². The van der Waals surface area contributed by atoms with Gasteiger partial charge in [0.25, 0.3) is 0 Å². The molecule has 2 aliphatic heterocycles. The van der Waals surface area contributed by atoms with E-state index in [1.807, 2.05) is 6.07 Å². The summed E-state index contributed by atoms with van der Waals surface area (Å²) in [4.78, 5) is 3.92. The van der Waals surface area contributed by atoms with Crippen molar-refractivity contribution in [2.45, 2.75) is 0 Å². The van der Waals surface area contributed by atoms with E-state index in [1.54, 1.807) is 24.8 Å². The van der Waals surface area contributed by atoms with E-state index >= 15 is 0 Å². The zero-order valence-corrected chi connectivity index (χ0v) is 5.23. The molecule has 3 heteroatoms. The molecule has 0 bridgehead atoms. The minimum atomic E-state index is 0.949. The van der Waals surface area contributed by atoms with Gasteiger partial charge in [-0.15, -0.1) is 0 Å². The van der Waals surface area contributed by atoms with Gasteiger partial charge in [-0.25, -0.2) is 4.73 Å². The Bertz CT molecular complexity index is 315. The van der Waals surface area contributed by atoms with Crippen molar-refractivity contribution in [1.82, 2.24) is 9.71 Å². The van der Waals surface area contributed by atoms with E-state index in [1.165, 1.54) is 0 Å². The molecule has 0 aliphatic carbocycles. The fourth-order valence-electron chi connectivity index (χ4n) is 0.936. The van der Waals surface area contributed by atoms with Crippen molar-refractivity contribution in [3.8, 4) is 11.1 Å². The fraction of sp³-hybridized carbons (Fsp3) is 0. The van der Waals surface area contributed by atoms with E-state index in [0.717, 1.165) is 15.9 Å². The molecule has 0 unspecified atom stereocenters. The van der Waals surface area contributed by atoms with E-state index in [2.05, 4.69) is 4.98 Å². The normalized spacial score (nSPS) is 10.4. The summed E-state index contributed by atoms with van der Waals surface area (Å²) in [6.07, 6.45) is 6.66. The van der Waals surface area contributed by atoms with Crippen LogP contribution in [-0.4, -0.2) is 14.9 Å². The van der Waals surface area contributed by atoms with Crippen LogP contribution in [0.2, 0.25) is 0 Å². The Morgan fingerprint density at radius 1 is 1.30 bits per heavy atom. The maximum absolute atomic E-state index is 8.94. The first kappa shape index (κ1) is 5.29. The lowest BCUT2D eigenvalue weighted by Crippen LogP contribution is -1.89. The Morgan fingerprint density at radius 3 is 3.00 bits per heavy atom. The van der Waals surface area contributed by atoms with Crippen molar-refractivity contribution >= 4 is 0 Å². The molecule has 2 aliphatic rings. The van der Waals surface area contributed by atoms with Gasteiger partial charge in [0.05, 0.1) is 6.20 Å². The Balaban J connectivity index is 2.75. The molecular formula is C7H6N2O. The molecule has 2 heterocycles. The number of hydrogen-bond donors (Lipinski definition) is 1. The number of aromatic nitrogens is 2. The third-order valence-corrected chi connectivity index (χ3v) is 1.44. The highest BCUT2D eigenvalue weighted by atomic mass is 16.5. The number of rotatable bonds is 0. The van der Waals surface area contributed by atoms with Gasteiger partial charge in [-0.2, -0.15) is 0 Å². The predicted octanol–water partition coefficient (Wildman–Crippen LogP) is 1.23. The second-order valence-electron chi connectivity index (χ2n) is 2.14. The first-order chi connectivity index (χ1) is 4.86. The molecule has 0 aromatic carbocycles. The van der Waals surface area contributed by atoms with Crippen LogP contribution in [0.3, 0.4) is 0 Å². The molecule has 0 atom stereocenters. The monoisotopic (exact) mass is 134 g/mol. The van der Waals surface area contributed by atoms with Crippen LogP contribution >= 0.6 is 0 Å². The Kier molecular flexibility index (Phi) is 0.917. The maximum atomic E-state index is 8.94. The molecule has 10 heavy (non-hydrogen) atoms. The Hall–Kier alpha value is -1.51. The molecule has 0 aromatic rings. The van der Waals surface area contributed by atoms with E-state index in [-0.39, 0.29) is 0 Å². The van der Waals surface area contributed by atoms with Gasteiger partial charge in [0.15, 0.2) is 0 Å². The van der Waals surface area contributed by atoms with Crippen molar-refractivity contribution in [1.29, 1.82) is 0 Å². The predicted molar refractivity (Wildman–Crippen MR) is 36.0 cm³/mol. The largest absolute Gasteiger partial charge is 0.429 e. The summed E-state index contributed by atoms with van der Waals surface area (Å²) in [5, 5.41) is 8.94. The third kappa shape index (κ3) is 0.639. The van der Waals surface area contributed by atoms with Crippen molar-refractivity contribution in [3.05, 3.63) is 30.9 Å². The molecule has 3 nitrogen and oxygen atoms in total. The zero-order valence-electron chi connectivity index (χ0n) is 5.23. The summed E-state index contributed by atoms with van der Waals surface area (Å²) in [5.74, 6) is 0. The Morgan fingerprint density at radius 2 is 2.10 bits per heavy atom. The van der Waals surface area contributed by atoms with Gasteiger partial charge >= 0.3 is 0 Å². The molecule has 0 saturated carbocycles. The van der Waals surface area contributed by atoms with E-state index in [0.29, 0.717) is 0 Å². The van der Waals surface area contributed by atoms with Crippen LogP contribution in [0.4, 0.5) is 0 Å². The second kappa shape index (κ2) is 1.73. The van der Waals surface area contributed by atoms with Crippen molar-refractivity contribution in [2.75, 3.05) is 0 Å². The number of hydrogen-bond acceptors (Lipinski definition) is 2. The lowest BCUT2D eigenvalue weighted by atomic mass is 10.2. The van der Waals surface area contributed by atoms with Crippen LogP contribution in [0, 0.1) is 0 Å². The average Bonchev–Trinajstić information content (AvgIpc) is 2.33. The molecule has 50 valence electrons. The minimum absolute atomic E-state index is 0.949. The molecule has 2 rings (SSSR count). The number of fused-ring (bicyclic) bond motifs is 1. The van der Waals surface area contributed by atoms with Crippen molar-refractivity contribution in [2.24, 2.45) is 0 Å². The molecule has 0 amide bonds. The van der Waals surface area contributed by atoms with E-state index < -0.39 is 0 Å². The summed E-state index contributed by atoms with van der Waals surface area (Å²) in [7, 11) is 0. The summed E-state index contributed by atoms with van der Waals surface area (Å²) >= 11 is 0. The molecule has 0 radical (unpaired) electrons. The summed E-state index contributed by atoms with van der Waals surface area (Å²) in [5.41, 5.74) is 2.00. The highest BCUT2D eigenvalue weighted by molar-refractivity contribution is 5.61. The first-order valence-corrected chi connectivity index (χ1v) is 2.97. The number of nitrogens with zero attached hydrogens (tertiary/aromatic N) is 2. The van der Waals surface area contributed by atoms with Gasteiger partial charge in [-0.1, -0.05) is 0 Å². The van der Waals surface area contributed by atoms with Crippen LogP contribution in [0.25, 0.3) is 11.1 Å². The highest BCUT2D eigenvalue weighted by Crippen LogP contribution is 2.18. The zero-order chi connectivity index (χ0) is 6.97. The van der Waals surface area contributed by atoms with Crippen LogP contribution < -0.4 is 0 Å². The molecule has 0 spiro atoms. The first-order valence-electron chi connectivity index (χ1n) is 2.97. The van der Waals surface area contributed by atoms with Crippen LogP contribution in [0.5, 0.6) is 0 Å². The lowest BCUT2D eigenvalue weighted by molar-refractivity contribution is 0.185. The van der Waals surface area contributed by atoms with Gasteiger partial charge in [-0.05, 0) is 6.07 Å². The van der Waals surface area contributed by atoms with Gasteiger partial charge in [-0.3, -0.25) is 4.98 Å². The van der Waals surface area contributed by atoms with E-state index in [9.17, 15) is 0 Å². The van der Waals surface area contributed by atoms with Crippen molar-refractivity contribution < 1.29 is 5.21 Å². The Labute approximate surface area is 57.9 Å². The molecule has 0 saturated heterocycles. The van der Waals surface area contributed by atoms with Crippen LogP contribution in [0.15, 0.2) is 30.9 Å². The lowest BCUT2D eigenvalue weighted by Gasteiger charge is -1.98. The smallest absolute Gasteiger partial charge is 0.0526 e. The number of pyridine rings is 1. The van der Waals surface area contributed by atoms with Gasteiger partial charge < -0.3 is 5.21 Å². The van der Waals surface area contributed by atoms with Gasteiger partial charge in [0.1, 0.15) is 0 Å². The quantitative estimate of drug-likeness (QED) is 0.550.